The molecule has 2 aliphatic rings. The smallest absolute Gasteiger partial charge is 0.410 e. The number of rotatable bonds is 1. The topological polar surface area (TPSA) is 66.8 Å². The Labute approximate surface area is 101 Å². The quantitative estimate of drug-likeness (QED) is 0.759. The molecular weight excluding hydrogens is 222 g/mol. The summed E-state index contributed by atoms with van der Waals surface area (Å²) in [5.74, 6) is -0.604. The van der Waals surface area contributed by atoms with Crippen LogP contribution < -0.4 is 0 Å². The Hall–Kier alpha value is -1.26. The van der Waals surface area contributed by atoms with E-state index in [-0.39, 0.29) is 12.0 Å². The van der Waals surface area contributed by atoms with Gasteiger partial charge in [0.15, 0.2) is 0 Å². The van der Waals surface area contributed by atoms with E-state index in [2.05, 4.69) is 0 Å². The second-order valence-corrected chi connectivity index (χ2v) is 6.04. The van der Waals surface area contributed by atoms with Gasteiger partial charge in [0.05, 0.1) is 5.41 Å². The van der Waals surface area contributed by atoms with E-state index in [4.69, 9.17) is 9.84 Å². The molecule has 2 atom stereocenters. The molecule has 0 radical (unpaired) electrons. The van der Waals surface area contributed by atoms with Crippen molar-refractivity contribution < 1.29 is 19.4 Å². The van der Waals surface area contributed by atoms with E-state index in [0.717, 1.165) is 0 Å². The second-order valence-electron chi connectivity index (χ2n) is 6.04. The van der Waals surface area contributed by atoms with Gasteiger partial charge in [-0.1, -0.05) is 0 Å². The number of carboxylic acids is 1. The normalized spacial score (nSPS) is 31.7. The van der Waals surface area contributed by atoms with Gasteiger partial charge in [-0.3, -0.25) is 4.79 Å². The Balaban J connectivity index is 1.92. The van der Waals surface area contributed by atoms with Crippen molar-refractivity contribution in [2.75, 3.05) is 13.1 Å². The summed E-state index contributed by atoms with van der Waals surface area (Å²) in [6, 6.07) is 0. The van der Waals surface area contributed by atoms with Gasteiger partial charge in [0.1, 0.15) is 5.60 Å². The number of carboxylic acid groups (broad SMARTS) is 1. The SMILES string of the molecule is CC(C)(C)OC(=O)N1CC[C@@]2(C(=O)O)C[C@@H]2C1. The van der Waals surface area contributed by atoms with Gasteiger partial charge >= 0.3 is 12.1 Å². The number of likely N-dealkylation sites (tertiary alicyclic amines) is 1. The molecule has 1 heterocycles. The first-order chi connectivity index (χ1) is 7.74. The van der Waals surface area contributed by atoms with Gasteiger partial charge in [-0.05, 0) is 39.5 Å². The first-order valence-corrected chi connectivity index (χ1v) is 5.96. The van der Waals surface area contributed by atoms with Crippen molar-refractivity contribution in [3.05, 3.63) is 0 Å². The molecule has 0 bridgehead atoms. The fourth-order valence-corrected chi connectivity index (χ4v) is 2.48. The molecule has 0 spiro atoms. The molecule has 5 nitrogen and oxygen atoms in total. The summed E-state index contributed by atoms with van der Waals surface area (Å²) in [5, 5.41) is 9.12. The molecule has 0 aromatic carbocycles. The molecule has 2 fully saturated rings. The zero-order valence-electron chi connectivity index (χ0n) is 10.5. The number of carbonyl (C=O) groups is 2. The zero-order chi connectivity index (χ0) is 12.8. The van der Waals surface area contributed by atoms with E-state index in [1.807, 2.05) is 20.8 Å². The van der Waals surface area contributed by atoms with Crippen LogP contribution in [-0.2, 0) is 9.53 Å². The molecule has 17 heavy (non-hydrogen) atoms. The minimum atomic E-state index is -0.716. The standard InChI is InChI=1S/C12H19NO4/c1-11(2,3)17-10(16)13-5-4-12(9(14)15)6-8(12)7-13/h8H,4-7H2,1-3H3,(H,14,15)/t8-,12-/m1/s1. The highest BCUT2D eigenvalue weighted by Gasteiger charge is 2.62. The zero-order valence-corrected chi connectivity index (χ0v) is 10.5. The number of nitrogens with zero attached hydrogens (tertiary/aromatic N) is 1. The second kappa shape index (κ2) is 3.62. The summed E-state index contributed by atoms with van der Waals surface area (Å²) in [6.45, 7) is 6.48. The maximum absolute atomic E-state index is 11.8. The summed E-state index contributed by atoms with van der Waals surface area (Å²) in [5.41, 5.74) is -1.04. The molecule has 1 N–H and O–H groups in total. The maximum atomic E-state index is 11.8. The first-order valence-electron chi connectivity index (χ1n) is 5.96. The van der Waals surface area contributed by atoms with E-state index in [1.165, 1.54) is 0 Å². The molecule has 96 valence electrons. The van der Waals surface area contributed by atoms with Crippen molar-refractivity contribution >= 4 is 12.1 Å². The summed E-state index contributed by atoms with van der Waals surface area (Å²) >= 11 is 0. The minimum absolute atomic E-state index is 0.112. The van der Waals surface area contributed by atoms with Crippen LogP contribution in [0.2, 0.25) is 0 Å². The molecule has 1 aliphatic heterocycles. The molecule has 0 aromatic rings. The number of ether oxygens (including phenoxy) is 1. The Bertz CT molecular complexity index is 360. The van der Waals surface area contributed by atoms with Gasteiger partial charge in [0, 0.05) is 13.1 Å². The van der Waals surface area contributed by atoms with Crippen molar-refractivity contribution in [3.63, 3.8) is 0 Å². The Morgan fingerprint density at radius 3 is 2.53 bits per heavy atom. The van der Waals surface area contributed by atoms with E-state index >= 15 is 0 Å². The van der Waals surface area contributed by atoms with E-state index in [9.17, 15) is 9.59 Å². The number of hydrogen-bond donors (Lipinski definition) is 1. The summed E-state index contributed by atoms with van der Waals surface area (Å²) in [4.78, 5) is 24.5. The van der Waals surface area contributed by atoms with Gasteiger partial charge in [-0.15, -0.1) is 0 Å². The van der Waals surface area contributed by atoms with Crippen LogP contribution in [0.1, 0.15) is 33.6 Å². The molecule has 0 unspecified atom stereocenters. The summed E-state index contributed by atoms with van der Waals surface area (Å²) < 4.78 is 5.28. The van der Waals surface area contributed by atoms with Crippen LogP contribution in [0.5, 0.6) is 0 Å². The van der Waals surface area contributed by atoms with Crippen molar-refractivity contribution in [1.29, 1.82) is 0 Å². The van der Waals surface area contributed by atoms with Crippen molar-refractivity contribution in [1.82, 2.24) is 4.90 Å². The molecule has 1 aliphatic carbocycles. The third kappa shape index (κ3) is 2.23. The Morgan fingerprint density at radius 2 is 2.06 bits per heavy atom. The number of hydrogen-bond acceptors (Lipinski definition) is 3. The van der Waals surface area contributed by atoms with Gasteiger partial charge in [0.25, 0.3) is 0 Å². The summed E-state index contributed by atoms with van der Waals surface area (Å²) in [6.07, 6.45) is 0.914. The van der Waals surface area contributed by atoms with Crippen LogP contribution in [0.4, 0.5) is 4.79 Å². The molecule has 1 saturated heterocycles. The molecule has 1 saturated carbocycles. The van der Waals surface area contributed by atoms with Gasteiger partial charge < -0.3 is 14.7 Å². The highest BCUT2D eigenvalue weighted by molar-refractivity contribution is 5.79. The number of piperidine rings is 1. The number of aliphatic carboxylic acids is 1. The molecular formula is C12H19NO4. The summed E-state index contributed by atoms with van der Waals surface area (Å²) in [7, 11) is 0. The van der Waals surface area contributed by atoms with Crippen molar-refractivity contribution in [2.24, 2.45) is 11.3 Å². The lowest BCUT2D eigenvalue weighted by atomic mass is 9.96. The third-order valence-electron chi connectivity index (χ3n) is 3.58. The lowest BCUT2D eigenvalue weighted by Gasteiger charge is -2.31. The van der Waals surface area contributed by atoms with Crippen LogP contribution in [0.3, 0.4) is 0 Å². The number of fused-ring (bicyclic) bond motifs is 1. The molecule has 2 rings (SSSR count). The number of amides is 1. The molecule has 0 aromatic heterocycles. The average Bonchev–Trinajstić information content (AvgIpc) is 2.88. The van der Waals surface area contributed by atoms with E-state index in [0.29, 0.717) is 25.9 Å². The third-order valence-corrected chi connectivity index (χ3v) is 3.58. The van der Waals surface area contributed by atoms with E-state index in [1.54, 1.807) is 4.90 Å². The highest BCUT2D eigenvalue weighted by Crippen LogP contribution is 2.58. The maximum Gasteiger partial charge on any atom is 0.410 e. The van der Waals surface area contributed by atoms with Crippen molar-refractivity contribution in [2.45, 2.75) is 39.2 Å². The predicted molar refractivity (Wildman–Crippen MR) is 60.6 cm³/mol. The number of carbonyl (C=O) groups excluding carboxylic acids is 1. The minimum Gasteiger partial charge on any atom is -0.481 e. The van der Waals surface area contributed by atoms with Crippen LogP contribution >= 0.6 is 0 Å². The lowest BCUT2D eigenvalue weighted by Crippen LogP contribution is -2.43. The Kier molecular flexibility index (Phi) is 2.60. The lowest BCUT2D eigenvalue weighted by molar-refractivity contribution is -0.145. The van der Waals surface area contributed by atoms with Crippen LogP contribution in [-0.4, -0.2) is 40.8 Å². The Morgan fingerprint density at radius 1 is 1.41 bits per heavy atom. The average molecular weight is 241 g/mol. The van der Waals surface area contributed by atoms with Crippen LogP contribution in [0, 0.1) is 11.3 Å². The van der Waals surface area contributed by atoms with E-state index < -0.39 is 17.0 Å². The van der Waals surface area contributed by atoms with Gasteiger partial charge in [-0.2, -0.15) is 0 Å². The van der Waals surface area contributed by atoms with Crippen LogP contribution in [0.25, 0.3) is 0 Å². The van der Waals surface area contributed by atoms with Crippen LogP contribution in [0.15, 0.2) is 0 Å². The first kappa shape index (κ1) is 12.2. The molecule has 5 heteroatoms. The van der Waals surface area contributed by atoms with Gasteiger partial charge in [-0.25, -0.2) is 4.79 Å². The molecule has 1 amide bonds. The van der Waals surface area contributed by atoms with Crippen molar-refractivity contribution in [3.8, 4) is 0 Å². The largest absolute Gasteiger partial charge is 0.481 e. The predicted octanol–water partition coefficient (Wildman–Crippen LogP) is 1.72. The fraction of sp³-hybridized carbons (Fsp3) is 0.833. The monoisotopic (exact) mass is 241 g/mol. The van der Waals surface area contributed by atoms with Gasteiger partial charge in [0.2, 0.25) is 0 Å². The fourth-order valence-electron chi connectivity index (χ4n) is 2.48. The highest BCUT2D eigenvalue weighted by atomic mass is 16.6.